The van der Waals surface area contributed by atoms with Crippen molar-refractivity contribution in [2.24, 2.45) is 0 Å². The molecule has 1 saturated heterocycles. The van der Waals surface area contributed by atoms with Crippen LogP contribution in [-0.2, 0) is 6.54 Å². The third-order valence-electron chi connectivity index (χ3n) is 3.81. The van der Waals surface area contributed by atoms with Gasteiger partial charge < -0.3 is 4.74 Å². The number of methoxy groups -OCH3 is 1. The molecule has 0 saturated carbocycles. The van der Waals surface area contributed by atoms with Crippen molar-refractivity contribution in [1.29, 1.82) is 0 Å². The largest absolute Gasteiger partial charge is 0.496 e. The third kappa shape index (κ3) is 4.11. The molecule has 1 unspecified atom stereocenters. The summed E-state index contributed by atoms with van der Waals surface area (Å²) in [5.74, 6) is 0.938. The molecule has 1 atom stereocenters. The monoisotopic (exact) mass is 345 g/mol. The van der Waals surface area contributed by atoms with E-state index in [0.717, 1.165) is 22.6 Å². The number of piperidine rings is 1. The van der Waals surface area contributed by atoms with Crippen molar-refractivity contribution < 1.29 is 4.74 Å². The number of alkyl halides is 1. The molecule has 1 aromatic carbocycles. The fourth-order valence-electron chi connectivity index (χ4n) is 2.81. The third-order valence-corrected chi connectivity index (χ3v) is 4.50. The summed E-state index contributed by atoms with van der Waals surface area (Å²) in [6.07, 6.45) is 5.15. The molecular formula is C15H21BrClNO. The van der Waals surface area contributed by atoms with E-state index in [-0.39, 0.29) is 0 Å². The molecule has 1 heterocycles. The summed E-state index contributed by atoms with van der Waals surface area (Å²) in [6.45, 7) is 2.11. The van der Waals surface area contributed by atoms with Gasteiger partial charge in [0.1, 0.15) is 5.75 Å². The fraction of sp³-hybridized carbons (Fsp3) is 0.600. The molecule has 106 valence electrons. The second-order valence-electron chi connectivity index (χ2n) is 5.05. The van der Waals surface area contributed by atoms with Gasteiger partial charge in [0.2, 0.25) is 0 Å². The maximum absolute atomic E-state index is 6.11. The average molecular weight is 347 g/mol. The van der Waals surface area contributed by atoms with Gasteiger partial charge in [0.05, 0.1) is 7.11 Å². The lowest BCUT2D eigenvalue weighted by Gasteiger charge is -2.35. The summed E-state index contributed by atoms with van der Waals surface area (Å²) >= 11 is 9.67. The Hall–Kier alpha value is -0.250. The van der Waals surface area contributed by atoms with Gasteiger partial charge in [-0.25, -0.2) is 0 Å². The van der Waals surface area contributed by atoms with Crippen LogP contribution in [0, 0.1) is 0 Å². The minimum atomic E-state index is 0.678. The van der Waals surface area contributed by atoms with Crippen LogP contribution in [0.1, 0.15) is 31.2 Å². The number of rotatable bonds is 5. The fourth-order valence-corrected chi connectivity index (χ4v) is 3.53. The lowest BCUT2D eigenvalue weighted by atomic mass is 9.99. The molecule has 2 nitrogen and oxygen atoms in total. The highest BCUT2D eigenvalue weighted by molar-refractivity contribution is 9.09. The SMILES string of the molecule is COc1ccc(Cl)cc1CN1CCCCC1CCBr. The minimum Gasteiger partial charge on any atom is -0.496 e. The Bertz CT molecular complexity index is 411. The summed E-state index contributed by atoms with van der Waals surface area (Å²) in [6, 6.07) is 6.55. The number of benzene rings is 1. The molecular weight excluding hydrogens is 326 g/mol. The Balaban J connectivity index is 2.11. The van der Waals surface area contributed by atoms with Crippen molar-refractivity contribution >= 4 is 27.5 Å². The molecule has 0 aliphatic carbocycles. The lowest BCUT2D eigenvalue weighted by molar-refractivity contribution is 0.136. The number of ether oxygens (including phenoxy) is 1. The number of nitrogens with zero attached hydrogens (tertiary/aromatic N) is 1. The predicted molar refractivity (Wildman–Crippen MR) is 84.5 cm³/mol. The van der Waals surface area contributed by atoms with Gasteiger partial charge in [-0.05, 0) is 44.0 Å². The van der Waals surface area contributed by atoms with E-state index in [1.807, 2.05) is 18.2 Å². The van der Waals surface area contributed by atoms with Gasteiger partial charge in [-0.2, -0.15) is 0 Å². The first kappa shape index (κ1) is 15.1. The normalized spacial score (nSPS) is 20.5. The van der Waals surface area contributed by atoms with Crippen LogP contribution >= 0.6 is 27.5 Å². The van der Waals surface area contributed by atoms with Crippen molar-refractivity contribution in [1.82, 2.24) is 4.90 Å². The first-order valence-corrected chi connectivity index (χ1v) is 8.37. The van der Waals surface area contributed by atoms with Crippen molar-refractivity contribution in [2.75, 3.05) is 19.0 Å². The van der Waals surface area contributed by atoms with Crippen molar-refractivity contribution in [3.8, 4) is 5.75 Å². The maximum atomic E-state index is 6.11. The number of hydrogen-bond donors (Lipinski definition) is 0. The maximum Gasteiger partial charge on any atom is 0.123 e. The Kier molecular flexibility index (Phi) is 5.99. The molecule has 4 heteroatoms. The predicted octanol–water partition coefficient (Wildman–Crippen LogP) is 4.49. The van der Waals surface area contributed by atoms with Crippen molar-refractivity contribution in [2.45, 2.75) is 38.3 Å². The standard InChI is InChI=1S/C15H21BrClNO/c1-19-15-6-5-13(17)10-12(15)11-18-9-3-2-4-14(18)7-8-16/h5-6,10,14H,2-4,7-9,11H2,1H3. The van der Waals surface area contributed by atoms with Crippen LogP contribution in [0.4, 0.5) is 0 Å². The zero-order valence-electron chi connectivity index (χ0n) is 11.4. The molecule has 1 aliphatic heterocycles. The van der Waals surface area contributed by atoms with Crippen molar-refractivity contribution in [3.05, 3.63) is 28.8 Å². The van der Waals surface area contributed by atoms with Gasteiger partial charge in [-0.1, -0.05) is 34.0 Å². The number of hydrogen-bond acceptors (Lipinski definition) is 2. The molecule has 0 amide bonds. The van der Waals surface area contributed by atoms with Gasteiger partial charge in [-0.15, -0.1) is 0 Å². The van der Waals surface area contributed by atoms with Crippen molar-refractivity contribution in [3.63, 3.8) is 0 Å². The highest BCUT2D eigenvalue weighted by Gasteiger charge is 2.22. The quantitative estimate of drug-likeness (QED) is 0.728. The number of halogens is 2. The Labute approximate surface area is 129 Å². The Morgan fingerprint density at radius 1 is 1.42 bits per heavy atom. The van der Waals surface area contributed by atoms with E-state index in [0.29, 0.717) is 6.04 Å². The first-order valence-electron chi connectivity index (χ1n) is 6.87. The molecule has 0 spiro atoms. The van der Waals surface area contributed by atoms with E-state index in [1.165, 1.54) is 37.8 Å². The molecule has 0 bridgehead atoms. The molecule has 0 aromatic heterocycles. The topological polar surface area (TPSA) is 12.5 Å². The Morgan fingerprint density at radius 3 is 3.00 bits per heavy atom. The highest BCUT2D eigenvalue weighted by Crippen LogP contribution is 2.28. The summed E-state index contributed by atoms with van der Waals surface area (Å²) in [4.78, 5) is 2.57. The summed E-state index contributed by atoms with van der Waals surface area (Å²) in [5.41, 5.74) is 1.19. The zero-order chi connectivity index (χ0) is 13.7. The molecule has 19 heavy (non-hydrogen) atoms. The van der Waals surface area contributed by atoms with E-state index < -0.39 is 0 Å². The second kappa shape index (κ2) is 7.51. The summed E-state index contributed by atoms with van der Waals surface area (Å²) in [5, 5.41) is 1.85. The second-order valence-corrected chi connectivity index (χ2v) is 6.28. The minimum absolute atomic E-state index is 0.678. The number of likely N-dealkylation sites (tertiary alicyclic amines) is 1. The van der Waals surface area contributed by atoms with Gasteiger partial charge in [0, 0.05) is 28.5 Å². The van der Waals surface area contributed by atoms with Crippen LogP contribution in [0.15, 0.2) is 18.2 Å². The first-order chi connectivity index (χ1) is 9.24. The highest BCUT2D eigenvalue weighted by atomic mass is 79.9. The van der Waals surface area contributed by atoms with Crippen LogP contribution < -0.4 is 4.74 Å². The Morgan fingerprint density at radius 2 is 2.26 bits per heavy atom. The van der Waals surface area contributed by atoms with Gasteiger partial charge >= 0.3 is 0 Å². The van der Waals surface area contributed by atoms with Gasteiger partial charge in [0.15, 0.2) is 0 Å². The van der Waals surface area contributed by atoms with Crippen LogP contribution in [0.2, 0.25) is 5.02 Å². The van der Waals surface area contributed by atoms with E-state index >= 15 is 0 Å². The molecule has 2 rings (SSSR count). The summed E-state index contributed by atoms with van der Waals surface area (Å²) < 4.78 is 5.44. The van der Waals surface area contributed by atoms with E-state index in [9.17, 15) is 0 Å². The molecule has 1 aromatic rings. The van der Waals surface area contributed by atoms with E-state index in [2.05, 4.69) is 20.8 Å². The molecule has 0 N–H and O–H groups in total. The molecule has 1 fully saturated rings. The lowest BCUT2D eigenvalue weighted by Crippen LogP contribution is -2.39. The smallest absolute Gasteiger partial charge is 0.123 e. The van der Waals surface area contributed by atoms with Crippen LogP contribution in [0.5, 0.6) is 5.75 Å². The summed E-state index contributed by atoms with van der Waals surface area (Å²) in [7, 11) is 1.72. The van der Waals surface area contributed by atoms with E-state index in [1.54, 1.807) is 7.11 Å². The average Bonchev–Trinajstić information content (AvgIpc) is 2.42. The van der Waals surface area contributed by atoms with Crippen LogP contribution in [-0.4, -0.2) is 29.9 Å². The molecule has 0 radical (unpaired) electrons. The van der Waals surface area contributed by atoms with Crippen LogP contribution in [0.3, 0.4) is 0 Å². The van der Waals surface area contributed by atoms with Crippen LogP contribution in [0.25, 0.3) is 0 Å². The van der Waals surface area contributed by atoms with Gasteiger partial charge in [0.25, 0.3) is 0 Å². The molecule has 1 aliphatic rings. The van der Waals surface area contributed by atoms with E-state index in [4.69, 9.17) is 16.3 Å². The van der Waals surface area contributed by atoms with Gasteiger partial charge in [-0.3, -0.25) is 4.90 Å². The zero-order valence-corrected chi connectivity index (χ0v) is 13.7.